The van der Waals surface area contributed by atoms with Crippen molar-refractivity contribution >= 4 is 23.2 Å². The van der Waals surface area contributed by atoms with Gasteiger partial charge in [0.05, 0.1) is 15.7 Å². The first-order chi connectivity index (χ1) is 7.20. The fraction of sp³-hybridized carbons (Fsp3) is 0.182. The lowest BCUT2D eigenvalue weighted by Gasteiger charge is -1.98. The predicted octanol–water partition coefficient (Wildman–Crippen LogP) is 3.95. The molecular formula is C11H10Cl2N2. The minimum atomic E-state index is 0.551. The van der Waals surface area contributed by atoms with Gasteiger partial charge in [-0.25, -0.2) is 0 Å². The van der Waals surface area contributed by atoms with Gasteiger partial charge in [0.2, 0.25) is 0 Å². The zero-order valence-corrected chi connectivity index (χ0v) is 9.73. The molecule has 2 rings (SSSR count). The Kier molecular flexibility index (Phi) is 2.98. The van der Waals surface area contributed by atoms with Crippen LogP contribution in [-0.2, 0) is 6.42 Å². The van der Waals surface area contributed by atoms with Crippen molar-refractivity contribution < 1.29 is 0 Å². The maximum atomic E-state index is 5.93. The van der Waals surface area contributed by atoms with Gasteiger partial charge in [-0.1, -0.05) is 36.2 Å². The average Bonchev–Trinajstić information content (AvgIpc) is 2.70. The van der Waals surface area contributed by atoms with E-state index in [4.69, 9.17) is 23.2 Å². The van der Waals surface area contributed by atoms with Crippen molar-refractivity contribution in [3.63, 3.8) is 0 Å². The SMILES string of the molecule is CCc1cc(-c2ccc(Cl)c(Cl)c2)n[nH]1. The van der Waals surface area contributed by atoms with E-state index in [1.807, 2.05) is 18.2 Å². The minimum absolute atomic E-state index is 0.551. The molecule has 4 heteroatoms. The molecule has 1 aromatic heterocycles. The van der Waals surface area contributed by atoms with E-state index in [-0.39, 0.29) is 0 Å². The quantitative estimate of drug-likeness (QED) is 0.847. The zero-order valence-electron chi connectivity index (χ0n) is 8.22. The van der Waals surface area contributed by atoms with E-state index in [0.29, 0.717) is 10.0 Å². The van der Waals surface area contributed by atoms with Crippen LogP contribution in [0.1, 0.15) is 12.6 Å². The van der Waals surface area contributed by atoms with E-state index in [1.165, 1.54) is 0 Å². The maximum Gasteiger partial charge on any atom is 0.0924 e. The highest BCUT2D eigenvalue weighted by molar-refractivity contribution is 6.42. The molecule has 0 atom stereocenters. The number of benzene rings is 1. The van der Waals surface area contributed by atoms with E-state index >= 15 is 0 Å². The first-order valence-corrected chi connectivity index (χ1v) is 5.46. The number of aromatic amines is 1. The van der Waals surface area contributed by atoms with Crippen molar-refractivity contribution in [2.45, 2.75) is 13.3 Å². The molecule has 1 heterocycles. The van der Waals surface area contributed by atoms with Crippen molar-refractivity contribution in [1.29, 1.82) is 0 Å². The molecule has 0 spiro atoms. The van der Waals surface area contributed by atoms with E-state index < -0.39 is 0 Å². The van der Waals surface area contributed by atoms with Gasteiger partial charge in [0.1, 0.15) is 0 Å². The number of nitrogens with zero attached hydrogens (tertiary/aromatic N) is 1. The number of hydrogen-bond donors (Lipinski definition) is 1. The van der Waals surface area contributed by atoms with Crippen LogP contribution < -0.4 is 0 Å². The molecule has 0 bridgehead atoms. The maximum absolute atomic E-state index is 5.93. The molecule has 15 heavy (non-hydrogen) atoms. The predicted molar refractivity (Wildman–Crippen MR) is 63.4 cm³/mol. The topological polar surface area (TPSA) is 28.7 Å². The molecule has 0 saturated heterocycles. The summed E-state index contributed by atoms with van der Waals surface area (Å²) >= 11 is 11.8. The first-order valence-electron chi connectivity index (χ1n) is 4.70. The summed E-state index contributed by atoms with van der Waals surface area (Å²) in [5.41, 5.74) is 2.97. The van der Waals surface area contributed by atoms with Gasteiger partial charge >= 0.3 is 0 Å². The summed E-state index contributed by atoms with van der Waals surface area (Å²) in [5.74, 6) is 0. The molecule has 0 amide bonds. The molecule has 0 unspecified atom stereocenters. The lowest BCUT2D eigenvalue weighted by Crippen LogP contribution is -1.78. The number of H-pyrrole nitrogens is 1. The summed E-state index contributed by atoms with van der Waals surface area (Å²) in [4.78, 5) is 0. The van der Waals surface area contributed by atoms with Gasteiger partial charge in [0, 0.05) is 11.3 Å². The number of hydrogen-bond acceptors (Lipinski definition) is 1. The Balaban J connectivity index is 2.40. The van der Waals surface area contributed by atoms with Gasteiger partial charge in [-0.2, -0.15) is 5.10 Å². The Morgan fingerprint density at radius 2 is 2.00 bits per heavy atom. The smallest absolute Gasteiger partial charge is 0.0924 e. The molecule has 0 radical (unpaired) electrons. The highest BCUT2D eigenvalue weighted by Gasteiger charge is 2.05. The van der Waals surface area contributed by atoms with Gasteiger partial charge in [0.25, 0.3) is 0 Å². The largest absolute Gasteiger partial charge is 0.282 e. The molecule has 78 valence electrons. The molecule has 2 nitrogen and oxygen atoms in total. The van der Waals surface area contributed by atoms with Crippen LogP contribution in [0.4, 0.5) is 0 Å². The number of nitrogens with one attached hydrogen (secondary N) is 1. The van der Waals surface area contributed by atoms with Crippen molar-refractivity contribution in [3.8, 4) is 11.3 Å². The number of aromatic nitrogens is 2. The standard InChI is InChI=1S/C11H10Cl2N2/c1-2-8-6-11(15-14-8)7-3-4-9(12)10(13)5-7/h3-6H,2H2,1H3,(H,14,15). The molecule has 0 aliphatic heterocycles. The van der Waals surface area contributed by atoms with Crippen LogP contribution in [0.3, 0.4) is 0 Å². The molecule has 0 saturated carbocycles. The van der Waals surface area contributed by atoms with Crippen LogP contribution in [-0.4, -0.2) is 10.2 Å². The Morgan fingerprint density at radius 3 is 2.60 bits per heavy atom. The third-order valence-electron chi connectivity index (χ3n) is 2.23. The fourth-order valence-electron chi connectivity index (χ4n) is 1.35. The van der Waals surface area contributed by atoms with E-state index in [1.54, 1.807) is 6.07 Å². The van der Waals surface area contributed by atoms with Gasteiger partial charge in [-0.05, 0) is 24.6 Å². The van der Waals surface area contributed by atoms with Crippen molar-refractivity contribution in [2.75, 3.05) is 0 Å². The summed E-state index contributed by atoms with van der Waals surface area (Å²) in [6.45, 7) is 2.08. The summed E-state index contributed by atoms with van der Waals surface area (Å²) in [6.07, 6.45) is 0.939. The highest BCUT2D eigenvalue weighted by atomic mass is 35.5. The number of rotatable bonds is 2. The Labute approximate surface area is 98.2 Å². The second-order valence-corrected chi connectivity index (χ2v) is 4.08. The third kappa shape index (κ3) is 2.16. The summed E-state index contributed by atoms with van der Waals surface area (Å²) < 4.78 is 0. The van der Waals surface area contributed by atoms with Crippen LogP contribution in [0.25, 0.3) is 11.3 Å². The second-order valence-electron chi connectivity index (χ2n) is 3.26. The van der Waals surface area contributed by atoms with Crippen LogP contribution in [0.5, 0.6) is 0 Å². The number of halogens is 2. The van der Waals surface area contributed by atoms with E-state index in [9.17, 15) is 0 Å². The molecule has 1 aromatic carbocycles. The second kappa shape index (κ2) is 4.25. The third-order valence-corrected chi connectivity index (χ3v) is 2.97. The van der Waals surface area contributed by atoms with Gasteiger partial charge < -0.3 is 0 Å². The van der Waals surface area contributed by atoms with Gasteiger partial charge in [-0.15, -0.1) is 0 Å². The van der Waals surface area contributed by atoms with Crippen molar-refractivity contribution in [3.05, 3.63) is 40.0 Å². The normalized spacial score (nSPS) is 10.6. The summed E-state index contributed by atoms with van der Waals surface area (Å²) in [7, 11) is 0. The van der Waals surface area contributed by atoms with Crippen molar-refractivity contribution in [1.82, 2.24) is 10.2 Å². The van der Waals surface area contributed by atoms with Crippen LogP contribution >= 0.6 is 23.2 Å². The Morgan fingerprint density at radius 1 is 1.20 bits per heavy atom. The zero-order chi connectivity index (χ0) is 10.8. The van der Waals surface area contributed by atoms with Crippen LogP contribution in [0, 0.1) is 0 Å². The Bertz CT molecular complexity index is 477. The Hall–Kier alpha value is -0.990. The monoisotopic (exact) mass is 240 g/mol. The van der Waals surface area contributed by atoms with Crippen LogP contribution in [0.2, 0.25) is 10.0 Å². The van der Waals surface area contributed by atoms with E-state index in [2.05, 4.69) is 17.1 Å². The molecule has 0 aliphatic carbocycles. The molecular weight excluding hydrogens is 231 g/mol. The molecule has 0 fully saturated rings. The van der Waals surface area contributed by atoms with Gasteiger partial charge in [-0.3, -0.25) is 5.10 Å². The van der Waals surface area contributed by atoms with Crippen LogP contribution in [0.15, 0.2) is 24.3 Å². The van der Waals surface area contributed by atoms with E-state index in [0.717, 1.165) is 23.4 Å². The lowest BCUT2D eigenvalue weighted by atomic mass is 10.1. The average molecular weight is 241 g/mol. The molecule has 2 aromatic rings. The number of aryl methyl sites for hydroxylation is 1. The first kappa shape index (κ1) is 10.5. The highest BCUT2D eigenvalue weighted by Crippen LogP contribution is 2.27. The van der Waals surface area contributed by atoms with Crippen molar-refractivity contribution in [2.24, 2.45) is 0 Å². The minimum Gasteiger partial charge on any atom is -0.282 e. The van der Waals surface area contributed by atoms with Gasteiger partial charge in [0.15, 0.2) is 0 Å². The summed E-state index contributed by atoms with van der Waals surface area (Å²) in [5, 5.41) is 8.28. The lowest BCUT2D eigenvalue weighted by molar-refractivity contribution is 0.976. The molecule has 0 aliphatic rings. The molecule has 1 N–H and O–H groups in total. The summed E-state index contributed by atoms with van der Waals surface area (Å²) in [6, 6.07) is 7.52. The fourth-order valence-corrected chi connectivity index (χ4v) is 1.64.